The van der Waals surface area contributed by atoms with Crippen LogP contribution in [0.5, 0.6) is 0 Å². The molecule has 0 aliphatic carbocycles. The lowest BCUT2D eigenvalue weighted by Crippen LogP contribution is -2.01. The highest BCUT2D eigenvalue weighted by atomic mass is 32.2. The minimum atomic E-state index is -0.352. The first-order chi connectivity index (χ1) is 17.1. The van der Waals surface area contributed by atoms with Crippen molar-refractivity contribution in [1.29, 1.82) is 0 Å². The van der Waals surface area contributed by atoms with Crippen molar-refractivity contribution in [2.45, 2.75) is 11.9 Å². The van der Waals surface area contributed by atoms with Crippen LogP contribution in [0.25, 0.3) is 27.7 Å². The van der Waals surface area contributed by atoms with Crippen molar-refractivity contribution < 1.29 is 9.53 Å². The second-order valence-corrected chi connectivity index (χ2v) is 8.67. The molecule has 0 aliphatic rings. The Morgan fingerprint density at radius 3 is 2.54 bits per heavy atom. The number of benzene rings is 3. The largest absolute Gasteiger partial charge is 0.465 e. The van der Waals surface area contributed by atoms with Crippen LogP contribution in [0.3, 0.4) is 0 Å². The Balaban J connectivity index is 1.46. The quantitative estimate of drug-likeness (QED) is 0.234. The highest BCUT2D eigenvalue weighted by Crippen LogP contribution is 2.33. The fraction of sp³-hybridized carbons (Fsp3) is 0.111. The van der Waals surface area contributed by atoms with Crippen LogP contribution in [0.4, 0.5) is 11.6 Å². The number of fused-ring (bicyclic) bond motifs is 1. The van der Waals surface area contributed by atoms with Crippen molar-refractivity contribution in [2.75, 3.05) is 18.7 Å². The lowest BCUT2D eigenvalue weighted by molar-refractivity contribution is 0.0601. The van der Waals surface area contributed by atoms with E-state index in [1.165, 1.54) is 7.11 Å². The van der Waals surface area contributed by atoms with Gasteiger partial charge in [0, 0.05) is 11.9 Å². The van der Waals surface area contributed by atoms with E-state index in [1.807, 2.05) is 77.7 Å². The second kappa shape index (κ2) is 9.60. The number of esters is 1. The van der Waals surface area contributed by atoms with Crippen LogP contribution in [0, 0.1) is 6.92 Å². The SMILES string of the molecule is COC(=O)c1ccc2cc(Nc3nccc(-c4c(SC)nn(-c5ccccc5)c4C)n3)ccc2c1. The molecule has 0 spiro atoms. The first-order valence-corrected chi connectivity index (χ1v) is 12.2. The van der Waals surface area contributed by atoms with Crippen molar-refractivity contribution in [1.82, 2.24) is 19.7 Å². The van der Waals surface area contributed by atoms with Crippen LogP contribution in [0.1, 0.15) is 16.1 Å². The fourth-order valence-corrected chi connectivity index (χ4v) is 4.61. The van der Waals surface area contributed by atoms with Gasteiger partial charge in [0.05, 0.1) is 35.3 Å². The van der Waals surface area contributed by atoms with Crippen LogP contribution in [-0.4, -0.2) is 39.1 Å². The summed E-state index contributed by atoms with van der Waals surface area (Å²) >= 11 is 1.59. The molecule has 0 aliphatic heterocycles. The Bertz CT molecular complexity index is 1530. The van der Waals surface area contributed by atoms with Crippen LogP contribution >= 0.6 is 11.8 Å². The Morgan fingerprint density at radius 1 is 1.00 bits per heavy atom. The van der Waals surface area contributed by atoms with Gasteiger partial charge in [-0.15, -0.1) is 11.8 Å². The van der Waals surface area contributed by atoms with Crippen LogP contribution in [0.15, 0.2) is 84.0 Å². The molecule has 174 valence electrons. The van der Waals surface area contributed by atoms with E-state index >= 15 is 0 Å². The van der Waals surface area contributed by atoms with Gasteiger partial charge in [-0.1, -0.05) is 30.3 Å². The Hall–Kier alpha value is -4.17. The molecule has 0 fully saturated rings. The highest BCUT2D eigenvalue weighted by Gasteiger charge is 2.18. The Kier molecular flexibility index (Phi) is 6.20. The second-order valence-electron chi connectivity index (χ2n) is 7.88. The molecule has 2 aromatic heterocycles. The molecule has 0 bridgehead atoms. The zero-order chi connectivity index (χ0) is 24.4. The van der Waals surface area contributed by atoms with Gasteiger partial charge in [-0.25, -0.2) is 19.4 Å². The number of anilines is 2. The molecule has 5 rings (SSSR count). The van der Waals surface area contributed by atoms with Gasteiger partial charge in [-0.2, -0.15) is 5.10 Å². The number of thioether (sulfide) groups is 1. The van der Waals surface area contributed by atoms with E-state index in [0.717, 1.165) is 44.1 Å². The lowest BCUT2D eigenvalue weighted by atomic mass is 10.1. The van der Waals surface area contributed by atoms with Gasteiger partial charge >= 0.3 is 5.97 Å². The van der Waals surface area contributed by atoms with Crippen molar-refractivity contribution in [3.63, 3.8) is 0 Å². The summed E-state index contributed by atoms with van der Waals surface area (Å²) in [6.45, 7) is 2.05. The van der Waals surface area contributed by atoms with E-state index < -0.39 is 0 Å². The molecule has 5 aromatic rings. The maximum Gasteiger partial charge on any atom is 0.337 e. The summed E-state index contributed by atoms with van der Waals surface area (Å²) < 4.78 is 6.76. The number of nitrogens with one attached hydrogen (secondary N) is 1. The molecule has 0 amide bonds. The van der Waals surface area contributed by atoms with Crippen LogP contribution < -0.4 is 5.32 Å². The first-order valence-electron chi connectivity index (χ1n) is 11.0. The molecule has 1 N–H and O–H groups in total. The normalized spacial score (nSPS) is 10.9. The number of ether oxygens (including phenoxy) is 1. The van der Waals surface area contributed by atoms with Crippen molar-refractivity contribution >= 4 is 40.1 Å². The number of hydrogen-bond donors (Lipinski definition) is 1. The molecule has 7 nitrogen and oxygen atoms in total. The first kappa shape index (κ1) is 22.6. The summed E-state index contributed by atoms with van der Waals surface area (Å²) in [7, 11) is 1.38. The van der Waals surface area contributed by atoms with E-state index in [4.69, 9.17) is 14.8 Å². The molecule has 3 aromatic carbocycles. The van der Waals surface area contributed by atoms with E-state index in [-0.39, 0.29) is 5.97 Å². The predicted molar refractivity (Wildman–Crippen MR) is 140 cm³/mol. The van der Waals surface area contributed by atoms with E-state index in [2.05, 4.69) is 17.2 Å². The predicted octanol–water partition coefficient (Wildman–Crippen LogP) is 6.04. The van der Waals surface area contributed by atoms with Crippen LogP contribution in [0.2, 0.25) is 0 Å². The number of para-hydroxylation sites is 1. The molecule has 35 heavy (non-hydrogen) atoms. The number of carbonyl (C=O) groups excluding carboxylic acids is 1. The maximum atomic E-state index is 11.8. The summed E-state index contributed by atoms with van der Waals surface area (Å²) in [6.07, 6.45) is 3.76. The average molecular weight is 482 g/mol. The number of carbonyl (C=O) groups is 1. The monoisotopic (exact) mass is 481 g/mol. The Morgan fingerprint density at radius 2 is 1.77 bits per heavy atom. The number of rotatable bonds is 6. The zero-order valence-electron chi connectivity index (χ0n) is 19.5. The summed E-state index contributed by atoms with van der Waals surface area (Å²) in [6, 6.07) is 23.3. The third-order valence-corrected chi connectivity index (χ3v) is 6.38. The topological polar surface area (TPSA) is 81.9 Å². The average Bonchev–Trinajstić information content (AvgIpc) is 3.24. The smallest absolute Gasteiger partial charge is 0.337 e. The van der Waals surface area contributed by atoms with Gasteiger partial charge in [0.25, 0.3) is 0 Å². The molecular weight excluding hydrogens is 458 g/mol. The van der Waals surface area contributed by atoms with Gasteiger partial charge in [0.1, 0.15) is 5.03 Å². The van der Waals surface area contributed by atoms with E-state index in [0.29, 0.717) is 11.5 Å². The van der Waals surface area contributed by atoms with Crippen molar-refractivity contribution in [2.24, 2.45) is 0 Å². The van der Waals surface area contributed by atoms with Gasteiger partial charge in [-0.05, 0) is 66.4 Å². The van der Waals surface area contributed by atoms with Crippen molar-refractivity contribution in [3.05, 3.63) is 90.3 Å². The molecule has 2 heterocycles. The van der Waals surface area contributed by atoms with Gasteiger partial charge < -0.3 is 10.1 Å². The van der Waals surface area contributed by atoms with Crippen LogP contribution in [-0.2, 0) is 4.74 Å². The third kappa shape index (κ3) is 4.48. The number of nitrogens with zero attached hydrogens (tertiary/aromatic N) is 4. The number of hydrogen-bond acceptors (Lipinski definition) is 7. The summed E-state index contributed by atoms with van der Waals surface area (Å²) in [5, 5.41) is 11.0. The molecule has 0 saturated carbocycles. The van der Waals surface area contributed by atoms with Gasteiger partial charge in [0.2, 0.25) is 5.95 Å². The standard InChI is InChI=1S/C27H23N5O2S/c1-17-24(25(35-3)31-32(17)22-7-5-4-6-8-22)23-13-14-28-27(30-23)29-21-12-11-18-15-20(26(33)34-2)10-9-19(18)16-21/h4-16H,1-3H3,(H,28,29,30). The summed E-state index contributed by atoms with van der Waals surface area (Å²) in [5.74, 6) is 0.141. The third-order valence-electron chi connectivity index (χ3n) is 5.71. The summed E-state index contributed by atoms with van der Waals surface area (Å²) in [5.41, 5.74) is 5.17. The van der Waals surface area contributed by atoms with Gasteiger partial charge in [0.15, 0.2) is 0 Å². The molecule has 8 heteroatoms. The molecule has 0 atom stereocenters. The lowest BCUT2D eigenvalue weighted by Gasteiger charge is -2.09. The molecular formula is C27H23N5O2S. The molecule has 0 radical (unpaired) electrons. The summed E-state index contributed by atoms with van der Waals surface area (Å²) in [4.78, 5) is 21.0. The van der Waals surface area contributed by atoms with E-state index in [9.17, 15) is 4.79 Å². The minimum Gasteiger partial charge on any atom is -0.465 e. The van der Waals surface area contributed by atoms with Gasteiger partial charge in [-0.3, -0.25) is 0 Å². The Labute approximate surface area is 207 Å². The zero-order valence-corrected chi connectivity index (χ0v) is 20.3. The fourth-order valence-electron chi connectivity index (χ4n) is 3.99. The molecule has 0 saturated heterocycles. The highest BCUT2D eigenvalue weighted by molar-refractivity contribution is 7.98. The maximum absolute atomic E-state index is 11.8. The van der Waals surface area contributed by atoms with Crippen molar-refractivity contribution in [3.8, 4) is 16.9 Å². The number of methoxy groups -OCH3 is 1. The van der Waals surface area contributed by atoms with E-state index in [1.54, 1.807) is 24.0 Å². The molecule has 0 unspecified atom stereocenters. The minimum absolute atomic E-state index is 0.352. The number of aromatic nitrogens is 4.